The van der Waals surface area contributed by atoms with Gasteiger partial charge in [0.15, 0.2) is 0 Å². The number of amides is 2. The fourth-order valence-electron chi connectivity index (χ4n) is 3.70. The Hall–Kier alpha value is -1.92. The third-order valence-electron chi connectivity index (χ3n) is 5.53. The molecule has 1 aliphatic rings. The first-order chi connectivity index (χ1) is 14.1. The number of nitrogens with zero attached hydrogens (tertiary/aromatic N) is 1. The summed E-state index contributed by atoms with van der Waals surface area (Å²) in [7, 11) is 2.21. The topological polar surface area (TPSA) is 87.5 Å². The second kappa shape index (κ2) is 13.3. The molecule has 1 saturated heterocycles. The van der Waals surface area contributed by atoms with Crippen LogP contribution in [0.4, 0.5) is 5.69 Å². The molecule has 1 unspecified atom stereocenters. The summed E-state index contributed by atoms with van der Waals surface area (Å²) in [6.45, 7) is 3.11. The Morgan fingerprint density at radius 1 is 1.00 bits per heavy atom. The van der Waals surface area contributed by atoms with E-state index in [9.17, 15) is 9.59 Å². The number of carbonyl (C=O) groups is 2. The molecule has 0 bridgehead atoms. The molecule has 2 rings (SSSR count). The fraction of sp³-hybridized carbons (Fsp3) is 0.652. The summed E-state index contributed by atoms with van der Waals surface area (Å²) >= 11 is 0. The highest BCUT2D eigenvalue weighted by molar-refractivity contribution is 6.01. The summed E-state index contributed by atoms with van der Waals surface area (Å²) in [6, 6.07) is 7.96. The van der Waals surface area contributed by atoms with Gasteiger partial charge in [0.05, 0.1) is 0 Å². The Kier molecular flexibility index (Phi) is 10.7. The van der Waals surface area contributed by atoms with Crippen LogP contribution in [0.1, 0.15) is 63.4 Å². The zero-order valence-corrected chi connectivity index (χ0v) is 17.9. The molecular weight excluding hydrogens is 364 g/mol. The molecule has 0 radical (unpaired) electrons. The van der Waals surface area contributed by atoms with Gasteiger partial charge in [0.1, 0.15) is 6.04 Å². The number of nitrogens with two attached hydrogens (primary N) is 1. The highest BCUT2D eigenvalue weighted by atomic mass is 16.2. The summed E-state index contributed by atoms with van der Waals surface area (Å²) in [5, 5.41) is 5.60. The lowest BCUT2D eigenvalue weighted by Crippen LogP contribution is -2.47. The van der Waals surface area contributed by atoms with Gasteiger partial charge in [-0.3, -0.25) is 14.9 Å². The molecule has 0 saturated carbocycles. The molecule has 1 heterocycles. The number of piperidine rings is 1. The third kappa shape index (κ3) is 9.41. The molecule has 162 valence electrons. The molecular formula is C23H38N4O2. The highest BCUT2D eigenvalue weighted by Gasteiger charge is 2.26. The molecule has 0 spiro atoms. The van der Waals surface area contributed by atoms with E-state index in [2.05, 4.69) is 34.7 Å². The number of carbonyl (C=O) groups excluding carboxylic acids is 2. The number of unbranched alkanes of at least 4 members (excludes halogenated alkanes) is 5. The first kappa shape index (κ1) is 23.4. The average molecular weight is 403 g/mol. The molecule has 29 heavy (non-hydrogen) atoms. The molecule has 6 nitrogen and oxygen atoms in total. The van der Waals surface area contributed by atoms with Gasteiger partial charge in [0, 0.05) is 12.1 Å². The van der Waals surface area contributed by atoms with Gasteiger partial charge in [-0.25, -0.2) is 0 Å². The Labute approximate surface area is 175 Å². The van der Waals surface area contributed by atoms with Crippen molar-refractivity contribution in [2.75, 3.05) is 32.0 Å². The minimum Gasteiger partial charge on any atom is -0.374 e. The molecule has 6 heteroatoms. The van der Waals surface area contributed by atoms with Crippen molar-refractivity contribution in [3.8, 4) is 0 Å². The largest absolute Gasteiger partial charge is 0.374 e. The van der Waals surface area contributed by atoms with Crippen LogP contribution in [0.5, 0.6) is 0 Å². The smallest absolute Gasteiger partial charge is 0.249 e. The van der Waals surface area contributed by atoms with Gasteiger partial charge in [0.2, 0.25) is 11.8 Å². The molecule has 1 aromatic carbocycles. The van der Waals surface area contributed by atoms with Crippen LogP contribution in [0.15, 0.2) is 24.3 Å². The summed E-state index contributed by atoms with van der Waals surface area (Å²) in [4.78, 5) is 25.5. The zero-order chi connectivity index (χ0) is 20.9. The normalized spacial score (nSPS) is 16.9. The molecule has 4 N–H and O–H groups in total. The molecule has 1 aliphatic heterocycles. The van der Waals surface area contributed by atoms with E-state index < -0.39 is 0 Å². The van der Waals surface area contributed by atoms with Gasteiger partial charge in [-0.05, 0) is 76.5 Å². The SMILES string of the molecule is CN(CCCCCCCCN)CCCc1ccc(NC2CCC(=O)NC2=O)cc1. The van der Waals surface area contributed by atoms with Gasteiger partial charge in [0.25, 0.3) is 0 Å². The van der Waals surface area contributed by atoms with E-state index in [4.69, 9.17) is 5.73 Å². The van der Waals surface area contributed by atoms with E-state index in [1.165, 1.54) is 44.2 Å². The lowest BCUT2D eigenvalue weighted by Gasteiger charge is -2.22. The first-order valence-electron chi connectivity index (χ1n) is 11.2. The Morgan fingerprint density at radius 3 is 2.34 bits per heavy atom. The van der Waals surface area contributed by atoms with E-state index in [-0.39, 0.29) is 17.9 Å². The van der Waals surface area contributed by atoms with E-state index in [0.29, 0.717) is 12.8 Å². The van der Waals surface area contributed by atoms with E-state index in [0.717, 1.165) is 38.0 Å². The van der Waals surface area contributed by atoms with Crippen LogP contribution in [0.3, 0.4) is 0 Å². The number of imide groups is 1. The van der Waals surface area contributed by atoms with Gasteiger partial charge < -0.3 is 16.0 Å². The maximum atomic E-state index is 11.8. The van der Waals surface area contributed by atoms with Crippen LogP contribution in [0, 0.1) is 0 Å². The summed E-state index contributed by atoms with van der Waals surface area (Å²) in [5.74, 6) is -0.417. The van der Waals surface area contributed by atoms with Crippen LogP contribution in [-0.2, 0) is 16.0 Å². The highest BCUT2D eigenvalue weighted by Crippen LogP contribution is 2.16. The van der Waals surface area contributed by atoms with Crippen LogP contribution < -0.4 is 16.4 Å². The lowest BCUT2D eigenvalue weighted by atomic mass is 10.0. The quantitative estimate of drug-likeness (QED) is 0.329. The van der Waals surface area contributed by atoms with Crippen molar-refractivity contribution in [3.05, 3.63) is 29.8 Å². The Balaban J connectivity index is 1.57. The second-order valence-corrected chi connectivity index (χ2v) is 8.16. The number of hydrogen-bond acceptors (Lipinski definition) is 5. The van der Waals surface area contributed by atoms with Gasteiger partial charge >= 0.3 is 0 Å². The van der Waals surface area contributed by atoms with Crippen LogP contribution in [0.25, 0.3) is 0 Å². The van der Waals surface area contributed by atoms with E-state index >= 15 is 0 Å². The van der Waals surface area contributed by atoms with Crippen LogP contribution >= 0.6 is 0 Å². The number of nitrogens with one attached hydrogen (secondary N) is 2. The van der Waals surface area contributed by atoms with Crippen LogP contribution in [0.2, 0.25) is 0 Å². The number of anilines is 1. The van der Waals surface area contributed by atoms with E-state index in [1.807, 2.05) is 12.1 Å². The second-order valence-electron chi connectivity index (χ2n) is 8.16. The maximum absolute atomic E-state index is 11.8. The molecule has 1 fully saturated rings. The van der Waals surface area contributed by atoms with Crippen molar-refractivity contribution in [3.63, 3.8) is 0 Å². The summed E-state index contributed by atoms with van der Waals surface area (Å²) in [5.41, 5.74) is 7.75. The monoisotopic (exact) mass is 402 g/mol. The van der Waals surface area contributed by atoms with Crippen molar-refractivity contribution in [1.29, 1.82) is 0 Å². The Morgan fingerprint density at radius 2 is 1.66 bits per heavy atom. The number of benzene rings is 1. The Bertz CT molecular complexity index is 618. The molecule has 1 atom stereocenters. The third-order valence-corrected chi connectivity index (χ3v) is 5.53. The number of hydrogen-bond donors (Lipinski definition) is 3. The first-order valence-corrected chi connectivity index (χ1v) is 11.2. The van der Waals surface area contributed by atoms with Gasteiger partial charge in [-0.1, -0.05) is 37.8 Å². The van der Waals surface area contributed by atoms with Crippen molar-refractivity contribution >= 4 is 17.5 Å². The minimum absolute atomic E-state index is 0.184. The van der Waals surface area contributed by atoms with Crippen molar-refractivity contribution in [1.82, 2.24) is 10.2 Å². The van der Waals surface area contributed by atoms with E-state index in [1.54, 1.807) is 0 Å². The number of aryl methyl sites for hydroxylation is 1. The van der Waals surface area contributed by atoms with Crippen molar-refractivity contribution in [2.45, 2.75) is 70.3 Å². The molecule has 0 aromatic heterocycles. The predicted octanol–water partition coefficient (Wildman–Crippen LogP) is 3.07. The fourth-order valence-corrected chi connectivity index (χ4v) is 3.70. The van der Waals surface area contributed by atoms with Crippen LogP contribution in [-0.4, -0.2) is 49.4 Å². The summed E-state index contributed by atoms with van der Waals surface area (Å²) in [6.07, 6.45) is 10.8. The standard InChI is InChI=1S/C23H38N4O2/c1-27(17-7-5-3-2-4-6-16-24)18-8-9-19-10-12-20(13-11-19)25-21-14-15-22(28)26-23(21)29/h10-13,21,25H,2-9,14-18,24H2,1H3,(H,26,28,29). The zero-order valence-electron chi connectivity index (χ0n) is 17.9. The van der Waals surface area contributed by atoms with Crippen molar-refractivity contribution in [2.24, 2.45) is 5.73 Å². The van der Waals surface area contributed by atoms with Gasteiger partial charge in [-0.15, -0.1) is 0 Å². The maximum Gasteiger partial charge on any atom is 0.249 e. The molecule has 1 aromatic rings. The number of rotatable bonds is 14. The minimum atomic E-state index is -0.326. The average Bonchev–Trinajstić information content (AvgIpc) is 2.71. The van der Waals surface area contributed by atoms with Gasteiger partial charge in [-0.2, -0.15) is 0 Å². The molecule has 2 amide bonds. The van der Waals surface area contributed by atoms with Crippen molar-refractivity contribution < 1.29 is 9.59 Å². The lowest BCUT2D eigenvalue weighted by molar-refractivity contribution is -0.133. The summed E-state index contributed by atoms with van der Waals surface area (Å²) < 4.78 is 0. The predicted molar refractivity (Wildman–Crippen MR) is 119 cm³/mol. The molecule has 0 aliphatic carbocycles.